The van der Waals surface area contributed by atoms with E-state index in [0.717, 1.165) is 41.7 Å². The Morgan fingerprint density at radius 1 is 0.788 bits per heavy atom. The molecular formula is C26H23N3O2S2. The van der Waals surface area contributed by atoms with Crippen LogP contribution in [0, 0.1) is 0 Å². The van der Waals surface area contributed by atoms with Crippen molar-refractivity contribution in [2.24, 2.45) is 0 Å². The summed E-state index contributed by atoms with van der Waals surface area (Å²) in [5.74, 6) is 0.695. The smallest absolute Gasteiger partial charge is 0.191 e. The van der Waals surface area contributed by atoms with Crippen molar-refractivity contribution in [1.29, 1.82) is 0 Å². The van der Waals surface area contributed by atoms with Crippen molar-refractivity contribution in [2.45, 2.75) is 35.9 Å². The molecule has 5 nitrogen and oxygen atoms in total. The van der Waals surface area contributed by atoms with E-state index in [1.165, 1.54) is 34.8 Å². The summed E-state index contributed by atoms with van der Waals surface area (Å²) in [5, 5.41) is 2.41. The molecule has 0 saturated heterocycles. The lowest BCUT2D eigenvalue weighted by Gasteiger charge is -2.12. The number of fused-ring (bicyclic) bond motifs is 3. The first-order chi connectivity index (χ1) is 16.2. The number of nitrogens with zero attached hydrogens (tertiary/aromatic N) is 2. The number of aromatic amines is 1. The third-order valence-corrected chi connectivity index (χ3v) is 7.58. The first-order valence-corrected chi connectivity index (χ1v) is 13.0. The average Bonchev–Trinajstić information content (AvgIpc) is 3.25. The van der Waals surface area contributed by atoms with Crippen LogP contribution in [0.15, 0.2) is 70.8 Å². The second-order valence-corrected chi connectivity index (χ2v) is 9.89. The molecule has 1 aliphatic rings. The molecule has 2 aromatic carbocycles. The van der Waals surface area contributed by atoms with Crippen molar-refractivity contribution >= 4 is 46.1 Å². The van der Waals surface area contributed by atoms with Crippen molar-refractivity contribution in [2.75, 3.05) is 11.5 Å². The maximum Gasteiger partial charge on any atom is 0.191 e. The van der Waals surface area contributed by atoms with Crippen LogP contribution in [0.2, 0.25) is 0 Å². The average molecular weight is 474 g/mol. The summed E-state index contributed by atoms with van der Waals surface area (Å²) < 4.78 is 0. The molecule has 0 bridgehead atoms. The van der Waals surface area contributed by atoms with Crippen LogP contribution in [0.25, 0.3) is 11.0 Å². The van der Waals surface area contributed by atoms with Gasteiger partial charge in [0.2, 0.25) is 0 Å². The van der Waals surface area contributed by atoms with E-state index in [1.807, 2.05) is 60.7 Å². The molecule has 0 aliphatic heterocycles. The van der Waals surface area contributed by atoms with E-state index in [4.69, 9.17) is 9.97 Å². The Bertz CT molecular complexity index is 1300. The van der Waals surface area contributed by atoms with Crippen LogP contribution in [0.3, 0.4) is 0 Å². The highest BCUT2D eigenvalue weighted by Gasteiger charge is 2.22. The fraction of sp³-hybridized carbons (Fsp3) is 0.231. The number of carbonyl (C=O) groups is 2. The number of ketones is 2. The number of H-pyrrole nitrogens is 1. The summed E-state index contributed by atoms with van der Waals surface area (Å²) in [7, 11) is 0. The second-order valence-electron chi connectivity index (χ2n) is 7.98. The molecule has 2 heterocycles. The molecule has 0 unspecified atom stereocenters. The van der Waals surface area contributed by atoms with Crippen LogP contribution < -0.4 is 0 Å². The Kier molecular flexibility index (Phi) is 6.60. The molecule has 33 heavy (non-hydrogen) atoms. The molecule has 1 N–H and O–H groups in total. The predicted octanol–water partition coefficient (Wildman–Crippen LogP) is 5.79. The number of thioether (sulfide) groups is 2. The predicted molar refractivity (Wildman–Crippen MR) is 134 cm³/mol. The van der Waals surface area contributed by atoms with Crippen LogP contribution in [-0.2, 0) is 12.8 Å². The number of carbonyl (C=O) groups excluding carboxylic acids is 2. The summed E-state index contributed by atoms with van der Waals surface area (Å²) in [6.07, 6.45) is 4.32. The summed E-state index contributed by atoms with van der Waals surface area (Å²) >= 11 is 2.80. The highest BCUT2D eigenvalue weighted by atomic mass is 32.2. The molecule has 1 aliphatic carbocycles. The summed E-state index contributed by atoms with van der Waals surface area (Å²) in [4.78, 5) is 38.3. The van der Waals surface area contributed by atoms with Crippen molar-refractivity contribution < 1.29 is 9.59 Å². The Morgan fingerprint density at radius 3 is 2.06 bits per heavy atom. The molecule has 0 atom stereocenters. The van der Waals surface area contributed by atoms with E-state index >= 15 is 0 Å². The first kappa shape index (κ1) is 21.9. The number of hydrogen-bond acceptors (Lipinski definition) is 6. The third-order valence-electron chi connectivity index (χ3n) is 5.76. The quantitative estimate of drug-likeness (QED) is 0.151. The van der Waals surface area contributed by atoms with E-state index in [-0.39, 0.29) is 17.3 Å². The number of aryl methyl sites for hydroxylation is 2. The molecule has 5 rings (SSSR count). The van der Waals surface area contributed by atoms with E-state index in [9.17, 15) is 9.59 Å². The minimum atomic E-state index is 0.0449. The van der Waals surface area contributed by atoms with Gasteiger partial charge in [0.05, 0.1) is 16.9 Å². The highest BCUT2D eigenvalue weighted by Crippen LogP contribution is 2.35. The number of aromatic nitrogens is 3. The zero-order valence-corrected chi connectivity index (χ0v) is 19.7. The largest absolute Gasteiger partial charge is 0.343 e. The summed E-state index contributed by atoms with van der Waals surface area (Å²) in [6.45, 7) is 0. The molecule has 4 aromatic rings. The molecule has 0 fully saturated rings. The standard InChI is InChI=1S/C26H23N3O2S2/c30-21(17-9-3-1-4-10-17)15-32-25-23-19-13-7-8-14-20(19)27-24(23)28-26(29-25)33-16-22(31)18-11-5-2-6-12-18/h1-6,9-12H,7-8,13-16H2,(H,27,28,29). The number of benzene rings is 2. The molecule has 0 radical (unpaired) electrons. The molecule has 0 saturated carbocycles. The maximum atomic E-state index is 12.7. The van der Waals surface area contributed by atoms with Crippen LogP contribution in [0.4, 0.5) is 0 Å². The van der Waals surface area contributed by atoms with Gasteiger partial charge in [-0.05, 0) is 31.2 Å². The number of nitrogens with one attached hydrogen (secondary N) is 1. The minimum absolute atomic E-state index is 0.0449. The number of rotatable bonds is 8. The minimum Gasteiger partial charge on any atom is -0.343 e. The normalized spacial score (nSPS) is 13.1. The van der Waals surface area contributed by atoms with E-state index < -0.39 is 0 Å². The van der Waals surface area contributed by atoms with Crippen molar-refractivity contribution in [3.8, 4) is 0 Å². The zero-order chi connectivity index (χ0) is 22.6. The van der Waals surface area contributed by atoms with Crippen LogP contribution in [-0.4, -0.2) is 38.0 Å². The molecule has 7 heteroatoms. The van der Waals surface area contributed by atoms with Crippen molar-refractivity contribution in [3.05, 3.63) is 83.0 Å². The van der Waals surface area contributed by atoms with Crippen molar-refractivity contribution in [3.63, 3.8) is 0 Å². The van der Waals surface area contributed by atoms with Crippen molar-refractivity contribution in [1.82, 2.24) is 15.0 Å². The fourth-order valence-corrected chi connectivity index (χ4v) is 5.84. The maximum absolute atomic E-state index is 12.7. The monoisotopic (exact) mass is 473 g/mol. The van der Waals surface area contributed by atoms with Gasteiger partial charge >= 0.3 is 0 Å². The lowest BCUT2D eigenvalue weighted by Crippen LogP contribution is -2.05. The van der Waals surface area contributed by atoms with Gasteiger partial charge in [0.15, 0.2) is 16.7 Å². The second kappa shape index (κ2) is 9.93. The van der Waals surface area contributed by atoms with E-state index in [0.29, 0.717) is 22.0 Å². The topological polar surface area (TPSA) is 75.7 Å². The fourth-order valence-electron chi connectivity index (χ4n) is 4.09. The highest BCUT2D eigenvalue weighted by molar-refractivity contribution is 8.00. The lowest BCUT2D eigenvalue weighted by atomic mass is 9.96. The Hall–Kier alpha value is -2.90. The summed E-state index contributed by atoms with van der Waals surface area (Å²) in [6, 6.07) is 18.6. The van der Waals surface area contributed by atoms with Gasteiger partial charge in [-0.2, -0.15) is 0 Å². The number of hydrogen-bond donors (Lipinski definition) is 1. The Balaban J connectivity index is 1.42. The Morgan fingerprint density at radius 2 is 1.39 bits per heavy atom. The van der Waals surface area contributed by atoms with Gasteiger partial charge in [-0.15, -0.1) is 0 Å². The third kappa shape index (κ3) is 4.89. The first-order valence-electron chi connectivity index (χ1n) is 11.0. The van der Waals surface area contributed by atoms with Gasteiger partial charge in [0, 0.05) is 16.8 Å². The van der Waals surface area contributed by atoms with Crippen LogP contribution >= 0.6 is 23.5 Å². The van der Waals surface area contributed by atoms with E-state index in [1.54, 1.807) is 0 Å². The van der Waals surface area contributed by atoms with Crippen LogP contribution in [0.1, 0.15) is 44.8 Å². The van der Waals surface area contributed by atoms with Gasteiger partial charge in [-0.25, -0.2) is 9.97 Å². The molecule has 0 amide bonds. The zero-order valence-electron chi connectivity index (χ0n) is 18.0. The van der Waals surface area contributed by atoms with Gasteiger partial charge in [-0.3, -0.25) is 9.59 Å². The molecular weight excluding hydrogens is 450 g/mol. The SMILES string of the molecule is O=C(CSc1nc(SCC(=O)c2ccccc2)c2c3c([nH]c2n1)CCCC3)c1ccccc1. The van der Waals surface area contributed by atoms with Crippen LogP contribution in [0.5, 0.6) is 0 Å². The van der Waals surface area contributed by atoms with E-state index in [2.05, 4.69) is 4.98 Å². The molecule has 2 aromatic heterocycles. The van der Waals surface area contributed by atoms with Gasteiger partial charge in [0.1, 0.15) is 10.7 Å². The number of Topliss-reactive ketones (excluding diaryl/α,β-unsaturated/α-hetero) is 2. The molecule has 166 valence electrons. The summed E-state index contributed by atoms with van der Waals surface area (Å²) in [5.41, 5.74) is 4.70. The van der Waals surface area contributed by atoms with Gasteiger partial charge in [-0.1, -0.05) is 84.2 Å². The molecule has 0 spiro atoms. The van der Waals surface area contributed by atoms with Gasteiger partial charge in [0.25, 0.3) is 0 Å². The lowest BCUT2D eigenvalue weighted by molar-refractivity contribution is 0.101. The Labute approximate surface area is 200 Å². The van der Waals surface area contributed by atoms with Gasteiger partial charge < -0.3 is 4.98 Å².